The smallest absolute Gasteiger partial charge is 0.335 e. The van der Waals surface area contributed by atoms with E-state index in [2.05, 4.69) is 30.9 Å². The van der Waals surface area contributed by atoms with Crippen LogP contribution in [0.25, 0.3) is 11.0 Å². The van der Waals surface area contributed by atoms with E-state index >= 15 is 0 Å². The molecule has 6 rings (SSSR count). The number of carbonyl (C=O) groups is 1. The lowest BCUT2D eigenvalue weighted by molar-refractivity contribution is 0.0697. The summed E-state index contributed by atoms with van der Waals surface area (Å²) in [7, 11) is 0. The van der Waals surface area contributed by atoms with E-state index in [4.69, 9.17) is 15.0 Å². The van der Waals surface area contributed by atoms with Crippen LogP contribution < -0.4 is 4.74 Å². The third-order valence-corrected chi connectivity index (χ3v) is 9.02. The number of nitrogens with zero attached hydrogens (tertiary/aromatic N) is 7. The number of benzene rings is 2. The summed E-state index contributed by atoms with van der Waals surface area (Å²) in [6.45, 7) is 5.65. The highest BCUT2D eigenvalue weighted by molar-refractivity contribution is 7.98. The third-order valence-electron chi connectivity index (χ3n) is 7.94. The second-order valence-electron chi connectivity index (χ2n) is 10.9. The molecule has 0 bridgehead atoms. The Morgan fingerprint density at radius 3 is 2.73 bits per heavy atom. The monoisotopic (exact) mass is 625 g/mol. The first-order valence-corrected chi connectivity index (χ1v) is 15.8. The molecule has 0 saturated carbocycles. The van der Waals surface area contributed by atoms with Crippen LogP contribution in [0.1, 0.15) is 52.9 Å². The first kappa shape index (κ1) is 30.3. The molecule has 1 fully saturated rings. The van der Waals surface area contributed by atoms with Gasteiger partial charge in [0.25, 0.3) is 0 Å². The third kappa shape index (κ3) is 7.00. The molecule has 10 nitrogen and oxygen atoms in total. The van der Waals surface area contributed by atoms with Crippen molar-refractivity contribution in [3.63, 3.8) is 0 Å². The maximum absolute atomic E-state index is 14.3. The van der Waals surface area contributed by atoms with E-state index in [0.29, 0.717) is 35.2 Å². The highest BCUT2D eigenvalue weighted by Gasteiger charge is 2.24. The molecule has 5 aromatic rings. The molecule has 1 N–H and O–H groups in total. The Labute approximate surface area is 264 Å². The van der Waals surface area contributed by atoms with Crippen LogP contribution >= 0.6 is 11.8 Å². The lowest BCUT2D eigenvalue weighted by atomic mass is 10.1. The molecule has 0 aliphatic carbocycles. The van der Waals surface area contributed by atoms with Crippen molar-refractivity contribution in [2.75, 3.05) is 13.1 Å². The molecule has 0 spiro atoms. The van der Waals surface area contributed by atoms with Gasteiger partial charge in [-0.2, -0.15) is 5.26 Å². The van der Waals surface area contributed by atoms with Crippen LogP contribution in [0.3, 0.4) is 0 Å². The Hall–Kier alpha value is -4.73. The maximum atomic E-state index is 14.3. The minimum Gasteiger partial charge on any atom is -0.478 e. The number of imidazole rings is 2. The number of aromatic nitrogens is 5. The van der Waals surface area contributed by atoms with E-state index in [1.165, 1.54) is 17.8 Å². The fourth-order valence-corrected chi connectivity index (χ4v) is 6.35. The summed E-state index contributed by atoms with van der Waals surface area (Å²) < 4.78 is 24.7. The largest absolute Gasteiger partial charge is 0.478 e. The van der Waals surface area contributed by atoms with Gasteiger partial charge in [0, 0.05) is 42.5 Å². The quantitative estimate of drug-likeness (QED) is 0.183. The van der Waals surface area contributed by atoms with E-state index in [0.717, 1.165) is 60.7 Å². The van der Waals surface area contributed by atoms with Gasteiger partial charge in [0.2, 0.25) is 5.88 Å². The zero-order valence-electron chi connectivity index (χ0n) is 24.8. The number of aromatic carboxylic acids is 1. The summed E-state index contributed by atoms with van der Waals surface area (Å²) in [4.78, 5) is 28.4. The first-order valence-electron chi connectivity index (χ1n) is 14.8. The molecular formula is C33H32FN7O3S. The predicted octanol–water partition coefficient (Wildman–Crippen LogP) is 5.74. The number of aryl methyl sites for hydroxylation is 1. The Morgan fingerprint density at radius 2 is 1.98 bits per heavy atom. The minimum absolute atomic E-state index is 0.0171. The number of carboxylic acid groups (broad SMARTS) is 1. The molecule has 0 atom stereocenters. The maximum Gasteiger partial charge on any atom is 0.335 e. The molecule has 1 saturated heterocycles. The van der Waals surface area contributed by atoms with Crippen LogP contribution in [0.15, 0.2) is 72.0 Å². The number of fused-ring (bicyclic) bond motifs is 1. The molecule has 3 aromatic heterocycles. The number of carboxylic acids is 1. The van der Waals surface area contributed by atoms with Crippen molar-refractivity contribution in [2.45, 2.75) is 56.2 Å². The van der Waals surface area contributed by atoms with E-state index in [9.17, 15) is 14.3 Å². The molecule has 2 aromatic carbocycles. The van der Waals surface area contributed by atoms with Crippen molar-refractivity contribution >= 4 is 28.8 Å². The van der Waals surface area contributed by atoms with Gasteiger partial charge in [0.05, 0.1) is 59.0 Å². The number of likely N-dealkylation sites (tertiary alicyclic amines) is 1. The summed E-state index contributed by atoms with van der Waals surface area (Å²) in [5.41, 5.74) is 3.90. The molecule has 45 heavy (non-hydrogen) atoms. The summed E-state index contributed by atoms with van der Waals surface area (Å²) in [6.07, 6.45) is 5.31. The van der Waals surface area contributed by atoms with Gasteiger partial charge >= 0.3 is 5.97 Å². The second-order valence-corrected chi connectivity index (χ2v) is 11.9. The van der Waals surface area contributed by atoms with Gasteiger partial charge in [-0.05, 0) is 62.2 Å². The van der Waals surface area contributed by atoms with Crippen LogP contribution in [-0.4, -0.2) is 59.3 Å². The first-order chi connectivity index (χ1) is 21.9. The number of thioether (sulfide) groups is 1. The van der Waals surface area contributed by atoms with Gasteiger partial charge in [0.1, 0.15) is 17.7 Å². The number of pyridine rings is 1. The van der Waals surface area contributed by atoms with Crippen molar-refractivity contribution in [3.8, 4) is 11.9 Å². The molecule has 0 amide bonds. The number of piperidine rings is 1. The number of rotatable bonds is 11. The summed E-state index contributed by atoms with van der Waals surface area (Å²) in [5, 5.41) is 18.6. The molecule has 4 heterocycles. The highest BCUT2D eigenvalue weighted by atomic mass is 32.2. The fraction of sp³-hybridized carbons (Fsp3) is 0.303. The standard InChI is InChI=1S/C33H32FN7O3S/c1-2-40-21-36-17-25(40)18-41-29-15-23(33(42)43)7-8-28(29)38-31(41)19-39-12-10-26(11-13-39)44-32-5-3-4-24(37-32)20-45-30-9-6-22(16-35)14-27(30)34/h3-9,14-15,17,21,26H,2,10-13,18-20H2,1H3,(H,42,43). The number of ether oxygens (including phenoxy) is 1. The summed E-state index contributed by atoms with van der Waals surface area (Å²) >= 11 is 1.33. The second kappa shape index (κ2) is 13.5. The number of hydrogen-bond donors (Lipinski definition) is 1. The average Bonchev–Trinajstić information content (AvgIpc) is 3.65. The lowest BCUT2D eigenvalue weighted by Crippen LogP contribution is -2.38. The Morgan fingerprint density at radius 1 is 1.13 bits per heavy atom. The van der Waals surface area contributed by atoms with Gasteiger partial charge in [-0.3, -0.25) is 4.90 Å². The predicted molar refractivity (Wildman–Crippen MR) is 168 cm³/mol. The van der Waals surface area contributed by atoms with Gasteiger partial charge in [-0.25, -0.2) is 24.1 Å². The van der Waals surface area contributed by atoms with Crippen molar-refractivity contribution in [2.24, 2.45) is 0 Å². The topological polar surface area (TPSA) is 122 Å². The molecule has 1 aliphatic heterocycles. The average molecular weight is 626 g/mol. The van der Waals surface area contributed by atoms with Crippen molar-refractivity contribution in [1.82, 2.24) is 29.0 Å². The lowest BCUT2D eigenvalue weighted by Gasteiger charge is -2.31. The van der Waals surface area contributed by atoms with Crippen LogP contribution in [-0.2, 0) is 25.4 Å². The Bertz CT molecular complexity index is 1870. The molecule has 1 aliphatic rings. The number of hydrogen-bond acceptors (Lipinski definition) is 8. The van der Waals surface area contributed by atoms with Crippen LogP contribution in [0.5, 0.6) is 5.88 Å². The van der Waals surface area contributed by atoms with E-state index in [-0.39, 0.29) is 11.7 Å². The minimum atomic E-state index is -0.967. The Kier molecular flexibility index (Phi) is 9.09. The summed E-state index contributed by atoms with van der Waals surface area (Å²) in [5.74, 6) is 0.529. The molecule has 12 heteroatoms. The number of halogens is 1. The number of nitriles is 1. The van der Waals surface area contributed by atoms with E-state index in [1.54, 1.807) is 36.7 Å². The van der Waals surface area contributed by atoms with E-state index < -0.39 is 11.8 Å². The zero-order valence-corrected chi connectivity index (χ0v) is 25.6. The van der Waals surface area contributed by atoms with Crippen LogP contribution in [0.4, 0.5) is 4.39 Å². The molecule has 0 radical (unpaired) electrons. The summed E-state index contributed by atoms with van der Waals surface area (Å²) in [6, 6.07) is 17.1. The van der Waals surface area contributed by atoms with E-state index in [1.807, 2.05) is 30.5 Å². The molecule has 230 valence electrons. The van der Waals surface area contributed by atoms with Crippen molar-refractivity contribution in [3.05, 3.63) is 101 Å². The van der Waals surface area contributed by atoms with Gasteiger partial charge in [-0.1, -0.05) is 6.07 Å². The Balaban J connectivity index is 1.09. The zero-order chi connectivity index (χ0) is 31.3. The van der Waals surface area contributed by atoms with Crippen LogP contribution in [0.2, 0.25) is 0 Å². The van der Waals surface area contributed by atoms with Gasteiger partial charge < -0.3 is 19.0 Å². The molecule has 0 unspecified atom stereocenters. The van der Waals surface area contributed by atoms with Crippen molar-refractivity contribution < 1.29 is 19.0 Å². The van der Waals surface area contributed by atoms with Gasteiger partial charge in [-0.15, -0.1) is 11.8 Å². The fourth-order valence-electron chi connectivity index (χ4n) is 5.53. The SMILES string of the molecule is CCn1cncc1Cn1c(CN2CCC(Oc3cccc(CSc4ccc(C#N)cc4F)n3)CC2)nc2ccc(C(=O)O)cc21. The van der Waals surface area contributed by atoms with Gasteiger partial charge in [0.15, 0.2) is 0 Å². The van der Waals surface area contributed by atoms with Crippen molar-refractivity contribution in [1.29, 1.82) is 5.26 Å². The normalized spacial score (nSPS) is 14.1. The molecular weight excluding hydrogens is 593 g/mol. The highest BCUT2D eigenvalue weighted by Crippen LogP contribution is 2.27. The van der Waals surface area contributed by atoms with Crippen LogP contribution in [0, 0.1) is 17.1 Å².